The van der Waals surface area contributed by atoms with Crippen LogP contribution in [0.5, 0.6) is 0 Å². The lowest BCUT2D eigenvalue weighted by molar-refractivity contribution is 0.525. The molecule has 0 atom stereocenters. The van der Waals surface area contributed by atoms with Crippen molar-refractivity contribution in [3.63, 3.8) is 0 Å². The molecule has 0 fully saturated rings. The molecule has 0 aliphatic heterocycles. The van der Waals surface area contributed by atoms with Gasteiger partial charge in [0.25, 0.3) is 0 Å². The normalized spacial score (nSPS) is 11.4. The van der Waals surface area contributed by atoms with E-state index >= 15 is 0 Å². The first-order valence-electron chi connectivity index (χ1n) is 7.54. The average Bonchev–Trinajstić information content (AvgIpc) is 2.35. The van der Waals surface area contributed by atoms with Crippen molar-refractivity contribution in [1.82, 2.24) is 10.3 Å². The van der Waals surface area contributed by atoms with Crippen LogP contribution in [0.25, 0.3) is 0 Å². The third-order valence-corrected chi connectivity index (χ3v) is 2.99. The van der Waals surface area contributed by atoms with Gasteiger partial charge in [-0.05, 0) is 24.4 Å². The number of anilines is 1. The highest BCUT2D eigenvalue weighted by atomic mass is 19.1. The molecule has 0 bridgehead atoms. The van der Waals surface area contributed by atoms with E-state index in [0.29, 0.717) is 29.8 Å². The SMILES string of the molecule is CCNCc1ccnc(N(CC(C)C)CC(C)C)c1F. The first-order valence-corrected chi connectivity index (χ1v) is 7.54. The fourth-order valence-corrected chi connectivity index (χ4v) is 2.22. The summed E-state index contributed by atoms with van der Waals surface area (Å²) in [5.41, 5.74) is 0.689. The van der Waals surface area contributed by atoms with E-state index in [1.165, 1.54) is 0 Å². The molecule has 1 aromatic heterocycles. The zero-order chi connectivity index (χ0) is 15.1. The Morgan fingerprint density at radius 1 is 1.20 bits per heavy atom. The van der Waals surface area contributed by atoms with Gasteiger partial charge in [0.15, 0.2) is 11.6 Å². The van der Waals surface area contributed by atoms with Crippen molar-refractivity contribution in [3.05, 3.63) is 23.6 Å². The smallest absolute Gasteiger partial charge is 0.170 e. The van der Waals surface area contributed by atoms with Crippen LogP contribution in [-0.2, 0) is 6.54 Å². The minimum absolute atomic E-state index is 0.185. The van der Waals surface area contributed by atoms with E-state index in [1.807, 2.05) is 6.92 Å². The van der Waals surface area contributed by atoms with Gasteiger partial charge < -0.3 is 10.2 Å². The van der Waals surface area contributed by atoms with Crippen LogP contribution in [0, 0.1) is 17.7 Å². The molecule has 1 N–H and O–H groups in total. The first kappa shape index (κ1) is 16.9. The van der Waals surface area contributed by atoms with Crippen molar-refractivity contribution in [2.75, 3.05) is 24.5 Å². The van der Waals surface area contributed by atoms with Crippen molar-refractivity contribution >= 4 is 5.82 Å². The summed E-state index contributed by atoms with van der Waals surface area (Å²) in [7, 11) is 0. The first-order chi connectivity index (χ1) is 9.45. The molecule has 0 aliphatic carbocycles. The lowest BCUT2D eigenvalue weighted by atomic mass is 10.1. The minimum atomic E-state index is -0.185. The lowest BCUT2D eigenvalue weighted by Crippen LogP contribution is -2.33. The van der Waals surface area contributed by atoms with E-state index in [-0.39, 0.29) is 5.82 Å². The van der Waals surface area contributed by atoms with E-state index in [9.17, 15) is 4.39 Å². The molecule has 0 aromatic carbocycles. The van der Waals surface area contributed by atoms with Gasteiger partial charge in [0.2, 0.25) is 0 Å². The Morgan fingerprint density at radius 3 is 2.30 bits per heavy atom. The third kappa shape index (κ3) is 5.08. The highest BCUT2D eigenvalue weighted by Gasteiger charge is 2.18. The Hall–Kier alpha value is -1.16. The number of hydrogen-bond acceptors (Lipinski definition) is 3. The zero-order valence-corrected chi connectivity index (χ0v) is 13.4. The van der Waals surface area contributed by atoms with E-state index in [1.54, 1.807) is 12.3 Å². The highest BCUT2D eigenvalue weighted by molar-refractivity contribution is 5.43. The summed E-state index contributed by atoms with van der Waals surface area (Å²) >= 11 is 0. The lowest BCUT2D eigenvalue weighted by Gasteiger charge is -2.28. The molecule has 114 valence electrons. The van der Waals surface area contributed by atoms with E-state index in [4.69, 9.17) is 0 Å². The highest BCUT2D eigenvalue weighted by Crippen LogP contribution is 2.21. The third-order valence-electron chi connectivity index (χ3n) is 2.99. The molecule has 0 unspecified atom stereocenters. The second-order valence-electron chi connectivity index (χ2n) is 6.08. The van der Waals surface area contributed by atoms with Crippen LogP contribution in [-0.4, -0.2) is 24.6 Å². The Bertz CT molecular complexity index is 395. The summed E-state index contributed by atoms with van der Waals surface area (Å²) in [5.74, 6) is 1.26. The summed E-state index contributed by atoms with van der Waals surface area (Å²) < 4.78 is 14.6. The van der Waals surface area contributed by atoms with Gasteiger partial charge in [-0.1, -0.05) is 34.6 Å². The number of halogens is 1. The molecule has 0 saturated heterocycles. The number of pyridine rings is 1. The average molecular weight is 281 g/mol. The van der Waals surface area contributed by atoms with Crippen LogP contribution in [0.3, 0.4) is 0 Å². The van der Waals surface area contributed by atoms with Gasteiger partial charge in [0.1, 0.15) is 0 Å². The standard InChI is InChI=1S/C16H28FN3/c1-6-18-9-14-7-8-19-16(15(14)17)20(10-12(2)3)11-13(4)5/h7-8,12-13,18H,6,9-11H2,1-5H3. The van der Waals surface area contributed by atoms with Gasteiger partial charge in [0.05, 0.1) is 0 Å². The Kier molecular flexibility index (Phi) is 6.93. The molecular formula is C16H28FN3. The van der Waals surface area contributed by atoms with Gasteiger partial charge >= 0.3 is 0 Å². The summed E-state index contributed by atoms with van der Waals surface area (Å²) in [4.78, 5) is 6.35. The Labute approximate surface area is 122 Å². The number of nitrogens with one attached hydrogen (secondary N) is 1. The van der Waals surface area contributed by atoms with E-state index in [2.05, 4.69) is 42.9 Å². The van der Waals surface area contributed by atoms with E-state index < -0.39 is 0 Å². The largest absolute Gasteiger partial charge is 0.354 e. The second kappa shape index (κ2) is 8.20. The molecule has 1 rings (SSSR count). The summed E-state index contributed by atoms with van der Waals surface area (Å²) in [6.45, 7) is 13.6. The fraction of sp³-hybridized carbons (Fsp3) is 0.688. The number of aromatic nitrogens is 1. The second-order valence-corrected chi connectivity index (χ2v) is 6.08. The van der Waals surface area contributed by atoms with Crippen molar-refractivity contribution < 1.29 is 4.39 Å². The molecule has 0 radical (unpaired) electrons. The number of nitrogens with zero attached hydrogens (tertiary/aromatic N) is 2. The van der Waals surface area contributed by atoms with Crippen LogP contribution >= 0.6 is 0 Å². The Balaban J connectivity index is 2.99. The number of rotatable bonds is 8. The predicted octanol–water partition coefficient (Wildman–Crippen LogP) is 3.45. The van der Waals surface area contributed by atoms with Gasteiger partial charge in [0, 0.05) is 31.4 Å². The molecule has 20 heavy (non-hydrogen) atoms. The van der Waals surface area contributed by atoms with Crippen molar-refractivity contribution in [2.24, 2.45) is 11.8 Å². The fourth-order valence-electron chi connectivity index (χ4n) is 2.22. The van der Waals surface area contributed by atoms with Crippen LogP contribution in [0.4, 0.5) is 10.2 Å². The summed E-state index contributed by atoms with van der Waals surface area (Å²) in [5, 5.41) is 3.17. The molecule has 0 amide bonds. The molecule has 0 aliphatic rings. The zero-order valence-electron chi connectivity index (χ0n) is 13.4. The summed E-state index contributed by atoms with van der Waals surface area (Å²) in [6, 6.07) is 1.75. The van der Waals surface area contributed by atoms with Crippen molar-refractivity contribution in [2.45, 2.75) is 41.2 Å². The van der Waals surface area contributed by atoms with Crippen molar-refractivity contribution in [3.8, 4) is 0 Å². The topological polar surface area (TPSA) is 28.2 Å². The molecule has 1 aromatic rings. The van der Waals surface area contributed by atoms with Crippen LogP contribution in [0.2, 0.25) is 0 Å². The summed E-state index contributed by atoms with van der Waals surface area (Å²) in [6.07, 6.45) is 1.71. The maximum Gasteiger partial charge on any atom is 0.170 e. The van der Waals surface area contributed by atoms with Gasteiger partial charge in [-0.25, -0.2) is 9.37 Å². The maximum absolute atomic E-state index is 14.6. The van der Waals surface area contributed by atoms with Gasteiger partial charge in [-0.15, -0.1) is 0 Å². The van der Waals surface area contributed by atoms with Crippen LogP contribution in [0.1, 0.15) is 40.2 Å². The molecule has 4 heteroatoms. The maximum atomic E-state index is 14.6. The minimum Gasteiger partial charge on any atom is -0.354 e. The van der Waals surface area contributed by atoms with E-state index in [0.717, 1.165) is 19.6 Å². The molecule has 1 heterocycles. The number of hydrogen-bond donors (Lipinski definition) is 1. The molecule has 3 nitrogen and oxygen atoms in total. The van der Waals surface area contributed by atoms with Crippen LogP contribution < -0.4 is 10.2 Å². The quantitative estimate of drug-likeness (QED) is 0.791. The molecule has 0 saturated carbocycles. The van der Waals surface area contributed by atoms with Gasteiger partial charge in [-0.3, -0.25) is 0 Å². The monoisotopic (exact) mass is 281 g/mol. The van der Waals surface area contributed by atoms with Crippen molar-refractivity contribution in [1.29, 1.82) is 0 Å². The predicted molar refractivity (Wildman–Crippen MR) is 83.5 cm³/mol. The Morgan fingerprint density at radius 2 is 1.80 bits per heavy atom. The molecule has 0 spiro atoms. The van der Waals surface area contributed by atoms with Crippen LogP contribution in [0.15, 0.2) is 12.3 Å². The molecular weight excluding hydrogens is 253 g/mol. The van der Waals surface area contributed by atoms with Gasteiger partial charge in [-0.2, -0.15) is 0 Å².